The first-order valence-corrected chi connectivity index (χ1v) is 7.30. The van der Waals surface area contributed by atoms with E-state index in [1.807, 2.05) is 0 Å². The number of nitro groups is 1. The Labute approximate surface area is 141 Å². The van der Waals surface area contributed by atoms with Crippen LogP contribution in [0.4, 0.5) is 15.8 Å². The van der Waals surface area contributed by atoms with Gasteiger partial charge in [0.05, 0.1) is 16.3 Å². The van der Waals surface area contributed by atoms with Gasteiger partial charge in [0, 0.05) is 35.3 Å². The molecule has 0 aliphatic carbocycles. The highest BCUT2D eigenvalue weighted by Crippen LogP contribution is 2.31. The quantitative estimate of drug-likeness (QED) is 0.475. The summed E-state index contributed by atoms with van der Waals surface area (Å²) in [6, 6.07) is 10.4. The van der Waals surface area contributed by atoms with Gasteiger partial charge in [-0.2, -0.15) is 0 Å². The van der Waals surface area contributed by atoms with Crippen molar-refractivity contribution in [3.8, 4) is 0 Å². The summed E-state index contributed by atoms with van der Waals surface area (Å²) in [5, 5.41) is 11.5. The topological polar surface area (TPSA) is 75.8 Å². The fourth-order valence-electron chi connectivity index (χ4n) is 2.47. The first-order chi connectivity index (χ1) is 11.4. The number of benzodiazepines with no additional fused rings is 1. The number of amides is 1. The van der Waals surface area contributed by atoms with E-state index >= 15 is 0 Å². The average Bonchev–Trinajstić information content (AvgIpc) is 2.66. The third kappa shape index (κ3) is 2.74. The fraction of sp³-hybridized carbons (Fsp3) is 0.125. The molecule has 0 saturated carbocycles. The molecule has 2 aromatic carbocycles. The summed E-state index contributed by atoms with van der Waals surface area (Å²) in [4.78, 5) is 27.5. The predicted octanol–water partition coefficient (Wildman–Crippen LogP) is 3.36. The van der Waals surface area contributed by atoms with Gasteiger partial charge in [0.2, 0.25) is 0 Å². The lowest BCUT2D eigenvalue weighted by Crippen LogP contribution is -2.32. The van der Waals surface area contributed by atoms with E-state index in [9.17, 15) is 19.3 Å². The highest BCUT2D eigenvalue weighted by atomic mass is 35.5. The number of non-ortho nitro benzene ring substituents is 1. The summed E-state index contributed by atoms with van der Waals surface area (Å²) in [7, 11) is 1.40. The number of nitrogens with zero attached hydrogens (tertiary/aromatic N) is 3. The Hall–Kier alpha value is -2.80. The van der Waals surface area contributed by atoms with Crippen molar-refractivity contribution >= 4 is 34.6 Å². The van der Waals surface area contributed by atoms with Crippen LogP contribution < -0.4 is 4.90 Å². The average molecular weight is 348 g/mol. The Morgan fingerprint density at radius 2 is 1.92 bits per heavy atom. The molecular formula is C16H11ClFN3O3. The Balaban J connectivity index is 2.27. The second kappa shape index (κ2) is 6.01. The minimum atomic E-state index is -2.09. The van der Waals surface area contributed by atoms with Crippen molar-refractivity contribution < 1.29 is 14.1 Å². The number of carbonyl (C=O) groups excluding carboxylic acids is 1. The van der Waals surface area contributed by atoms with Crippen LogP contribution in [0.2, 0.25) is 5.02 Å². The lowest BCUT2D eigenvalue weighted by molar-refractivity contribution is -0.384. The van der Waals surface area contributed by atoms with Gasteiger partial charge in [-0.15, -0.1) is 0 Å². The van der Waals surface area contributed by atoms with Gasteiger partial charge in [0.15, 0.2) is 0 Å². The molecule has 24 heavy (non-hydrogen) atoms. The molecule has 0 radical (unpaired) electrons. The van der Waals surface area contributed by atoms with Crippen LogP contribution >= 0.6 is 11.6 Å². The number of hydrogen-bond donors (Lipinski definition) is 0. The second-order valence-corrected chi connectivity index (χ2v) is 5.61. The number of halogens is 2. The number of fused-ring (bicyclic) bond motifs is 1. The second-order valence-electron chi connectivity index (χ2n) is 5.18. The van der Waals surface area contributed by atoms with Crippen molar-refractivity contribution in [2.24, 2.45) is 4.99 Å². The minimum absolute atomic E-state index is 0.163. The van der Waals surface area contributed by atoms with Crippen LogP contribution in [0, 0.1) is 10.1 Å². The van der Waals surface area contributed by atoms with Crippen molar-refractivity contribution in [1.82, 2.24) is 0 Å². The molecule has 0 fully saturated rings. The zero-order valence-corrected chi connectivity index (χ0v) is 13.2. The van der Waals surface area contributed by atoms with Gasteiger partial charge in [-0.3, -0.25) is 14.9 Å². The maximum atomic E-state index is 14.2. The zero-order valence-electron chi connectivity index (χ0n) is 12.4. The number of hydrogen-bond acceptors (Lipinski definition) is 4. The molecule has 1 amide bonds. The Kier molecular flexibility index (Phi) is 4.02. The van der Waals surface area contributed by atoms with Crippen LogP contribution in [0.3, 0.4) is 0 Å². The lowest BCUT2D eigenvalue weighted by Gasteiger charge is -2.18. The van der Waals surface area contributed by atoms with Crippen LogP contribution in [0.1, 0.15) is 11.1 Å². The van der Waals surface area contributed by atoms with Gasteiger partial charge < -0.3 is 4.90 Å². The van der Waals surface area contributed by atoms with Crippen LogP contribution in [0.25, 0.3) is 0 Å². The van der Waals surface area contributed by atoms with Gasteiger partial charge >= 0.3 is 0 Å². The molecule has 2 aromatic rings. The molecule has 1 heterocycles. The SMILES string of the molecule is CN1C(=O)C(F)N=C(c2ccc(Cl)cc2)c2cc([N+](=O)[O-])ccc21. The van der Waals surface area contributed by atoms with Gasteiger partial charge in [0.25, 0.3) is 17.9 Å². The number of rotatable bonds is 2. The number of carbonyl (C=O) groups is 1. The summed E-state index contributed by atoms with van der Waals surface area (Å²) in [6.07, 6.45) is -2.09. The maximum Gasteiger partial charge on any atom is 0.284 e. The molecule has 8 heteroatoms. The van der Waals surface area contributed by atoms with Crippen molar-refractivity contribution in [3.63, 3.8) is 0 Å². The number of anilines is 1. The van der Waals surface area contributed by atoms with E-state index in [0.717, 1.165) is 4.90 Å². The number of benzene rings is 2. The first-order valence-electron chi connectivity index (χ1n) is 6.92. The van der Waals surface area contributed by atoms with E-state index in [1.54, 1.807) is 24.3 Å². The molecule has 0 saturated heterocycles. The molecule has 1 unspecified atom stereocenters. The van der Waals surface area contributed by atoms with Crippen molar-refractivity contribution in [3.05, 3.63) is 68.7 Å². The zero-order chi connectivity index (χ0) is 17.4. The molecule has 6 nitrogen and oxygen atoms in total. The number of likely N-dealkylation sites (N-methyl/N-ethyl adjacent to an activating group) is 1. The van der Waals surface area contributed by atoms with Gasteiger partial charge in [0.1, 0.15) is 0 Å². The van der Waals surface area contributed by atoms with E-state index in [-0.39, 0.29) is 11.4 Å². The maximum absolute atomic E-state index is 14.2. The molecule has 0 aromatic heterocycles. The summed E-state index contributed by atoms with van der Waals surface area (Å²) >= 11 is 5.86. The highest BCUT2D eigenvalue weighted by molar-refractivity contribution is 6.30. The smallest absolute Gasteiger partial charge is 0.284 e. The Bertz CT molecular complexity index is 867. The van der Waals surface area contributed by atoms with E-state index < -0.39 is 17.1 Å². The number of nitro benzene ring substituents is 1. The number of alkyl halides is 1. The molecular weight excluding hydrogens is 337 g/mol. The molecule has 0 spiro atoms. The van der Waals surface area contributed by atoms with E-state index in [0.29, 0.717) is 21.8 Å². The normalized spacial score (nSPS) is 17.1. The van der Waals surface area contributed by atoms with Crippen LogP contribution in [-0.4, -0.2) is 29.9 Å². The molecule has 122 valence electrons. The van der Waals surface area contributed by atoms with E-state index in [4.69, 9.17) is 11.6 Å². The molecule has 0 bridgehead atoms. The summed E-state index contributed by atoms with van der Waals surface area (Å²) in [6.45, 7) is 0. The largest absolute Gasteiger partial charge is 0.311 e. The van der Waals surface area contributed by atoms with Crippen LogP contribution in [0.5, 0.6) is 0 Å². The summed E-state index contributed by atoms with van der Waals surface area (Å²) in [5.41, 5.74) is 1.15. The monoisotopic (exact) mass is 347 g/mol. The molecule has 0 N–H and O–H groups in total. The van der Waals surface area contributed by atoms with Gasteiger partial charge in [-0.05, 0) is 18.2 Å². The van der Waals surface area contributed by atoms with Crippen LogP contribution in [-0.2, 0) is 4.79 Å². The highest BCUT2D eigenvalue weighted by Gasteiger charge is 2.30. The van der Waals surface area contributed by atoms with Gasteiger partial charge in [-0.25, -0.2) is 9.38 Å². The fourth-order valence-corrected chi connectivity index (χ4v) is 2.60. The summed E-state index contributed by atoms with van der Waals surface area (Å²) in [5.74, 6) is -0.839. The van der Waals surface area contributed by atoms with Crippen molar-refractivity contribution in [2.45, 2.75) is 6.30 Å². The number of aliphatic imine (C=N–C) groups is 1. The molecule has 1 atom stereocenters. The van der Waals surface area contributed by atoms with Crippen molar-refractivity contribution in [1.29, 1.82) is 0 Å². The Morgan fingerprint density at radius 1 is 1.25 bits per heavy atom. The minimum Gasteiger partial charge on any atom is -0.311 e. The van der Waals surface area contributed by atoms with Crippen LogP contribution in [0.15, 0.2) is 47.5 Å². The molecule has 3 rings (SSSR count). The van der Waals surface area contributed by atoms with Gasteiger partial charge in [-0.1, -0.05) is 23.7 Å². The molecule has 1 aliphatic rings. The first kappa shape index (κ1) is 16.1. The van der Waals surface area contributed by atoms with E-state index in [1.165, 1.54) is 25.2 Å². The van der Waals surface area contributed by atoms with Crippen molar-refractivity contribution in [2.75, 3.05) is 11.9 Å². The third-order valence-corrected chi connectivity index (χ3v) is 3.95. The predicted molar refractivity (Wildman–Crippen MR) is 88.5 cm³/mol. The van der Waals surface area contributed by atoms with E-state index in [2.05, 4.69) is 4.99 Å². The third-order valence-electron chi connectivity index (χ3n) is 3.70. The molecule has 1 aliphatic heterocycles. The standard InChI is InChI=1S/C16H11ClFN3O3/c1-20-13-7-6-11(21(23)24)8-12(13)14(19-15(18)16(20)22)9-2-4-10(17)5-3-9/h2-8,15H,1H3. The lowest BCUT2D eigenvalue weighted by atomic mass is 9.99. The summed E-state index contributed by atoms with van der Waals surface area (Å²) < 4.78 is 14.2. The Morgan fingerprint density at radius 3 is 2.54 bits per heavy atom.